The van der Waals surface area contributed by atoms with Crippen molar-refractivity contribution in [1.82, 2.24) is 0 Å². The Hall–Kier alpha value is -3.13. The van der Waals surface area contributed by atoms with Crippen molar-refractivity contribution >= 4 is 23.5 Å². The predicted molar refractivity (Wildman–Crippen MR) is 186 cm³/mol. The standard InChI is InChI=1S/C41H51NO6.Na/c1-41(2,3)34-23-21-29(20-22-30(47-40(46)25-24-39(44)45)15-11-14-28-12-5-4-6-13-28)26-35(34)42-38(43)27-33-31-16-7-9-18-36(31)48-37-19-10-8-17-32(33)37;/h7-10,16-19,21,23,26,28,30,33H,4-6,11-15,20,22,24-25,27H2,1-3H3,(H,42,43)(H,44,45);/q;+1/p-1. The van der Waals surface area contributed by atoms with E-state index < -0.39 is 11.9 Å². The molecule has 1 aliphatic heterocycles. The van der Waals surface area contributed by atoms with Gasteiger partial charge in [0, 0.05) is 35.1 Å². The first-order chi connectivity index (χ1) is 23.1. The van der Waals surface area contributed by atoms with Crippen molar-refractivity contribution in [1.29, 1.82) is 0 Å². The van der Waals surface area contributed by atoms with Crippen LogP contribution in [0.25, 0.3) is 0 Å². The third-order valence-corrected chi connectivity index (χ3v) is 9.81. The second kappa shape index (κ2) is 18.2. The summed E-state index contributed by atoms with van der Waals surface area (Å²) in [6.07, 6.45) is 10.1. The molecule has 1 unspecified atom stereocenters. The van der Waals surface area contributed by atoms with Crippen molar-refractivity contribution in [2.45, 2.75) is 122 Å². The van der Waals surface area contributed by atoms with Crippen molar-refractivity contribution in [3.63, 3.8) is 0 Å². The van der Waals surface area contributed by atoms with Gasteiger partial charge in [-0.2, -0.15) is 0 Å². The molecule has 256 valence electrons. The maximum Gasteiger partial charge on any atom is 1.00 e. The molecule has 8 heteroatoms. The van der Waals surface area contributed by atoms with Gasteiger partial charge in [0.1, 0.15) is 17.6 Å². The number of hydrogen-bond donors (Lipinski definition) is 1. The average Bonchev–Trinajstić information content (AvgIpc) is 3.06. The van der Waals surface area contributed by atoms with E-state index >= 15 is 0 Å². The van der Waals surface area contributed by atoms with Crippen molar-refractivity contribution in [2.24, 2.45) is 5.92 Å². The average molecular weight is 676 g/mol. The van der Waals surface area contributed by atoms with E-state index in [0.717, 1.165) is 64.6 Å². The Labute approximate surface area is 313 Å². The van der Waals surface area contributed by atoms with Gasteiger partial charge in [-0.3, -0.25) is 9.59 Å². The first-order valence-corrected chi connectivity index (χ1v) is 17.7. The SMILES string of the molecule is CC(C)(C)c1ccc(CCC(CCCC2CCCCC2)OC(=O)CCC(=O)[O-])cc1NC(=O)CC1c2ccccc2Oc2ccccc21.[Na+]. The maximum absolute atomic E-state index is 13.8. The Morgan fingerprint density at radius 1 is 0.898 bits per heavy atom. The second-order valence-corrected chi connectivity index (χ2v) is 14.6. The Morgan fingerprint density at radius 2 is 1.55 bits per heavy atom. The fraction of sp³-hybridized carbons (Fsp3) is 0.488. The number of hydrogen-bond acceptors (Lipinski definition) is 6. The summed E-state index contributed by atoms with van der Waals surface area (Å²) in [5.41, 5.74) is 4.68. The molecule has 5 rings (SSSR count). The van der Waals surface area contributed by atoms with Crippen molar-refractivity contribution in [3.05, 3.63) is 89.0 Å². The molecule has 0 saturated heterocycles. The zero-order valence-corrected chi connectivity index (χ0v) is 31.7. The number of nitrogens with one attached hydrogen (secondary N) is 1. The van der Waals surface area contributed by atoms with Crippen LogP contribution >= 0.6 is 0 Å². The van der Waals surface area contributed by atoms with Gasteiger partial charge in [-0.25, -0.2) is 0 Å². The second-order valence-electron chi connectivity index (χ2n) is 14.6. The molecule has 0 radical (unpaired) electrons. The summed E-state index contributed by atoms with van der Waals surface area (Å²) in [6, 6.07) is 22.0. The third kappa shape index (κ3) is 11.2. The Balaban J connectivity index is 0.00000541. The summed E-state index contributed by atoms with van der Waals surface area (Å²) in [7, 11) is 0. The topological polar surface area (TPSA) is 105 Å². The van der Waals surface area contributed by atoms with E-state index in [4.69, 9.17) is 9.47 Å². The van der Waals surface area contributed by atoms with Gasteiger partial charge in [0.05, 0.1) is 6.42 Å². The number of benzene rings is 3. The number of para-hydroxylation sites is 2. The van der Waals surface area contributed by atoms with Gasteiger partial charge in [0.2, 0.25) is 5.91 Å². The zero-order chi connectivity index (χ0) is 34.1. The van der Waals surface area contributed by atoms with Crippen molar-refractivity contribution in [3.8, 4) is 11.5 Å². The van der Waals surface area contributed by atoms with Gasteiger partial charge in [-0.1, -0.05) is 108 Å². The Kier molecular flexibility index (Phi) is 14.4. The summed E-state index contributed by atoms with van der Waals surface area (Å²) in [6.45, 7) is 6.41. The fourth-order valence-electron chi connectivity index (χ4n) is 7.27. The number of carbonyl (C=O) groups excluding carboxylic acids is 3. The fourth-order valence-corrected chi connectivity index (χ4v) is 7.27. The number of fused-ring (bicyclic) bond motifs is 2. The molecule has 3 aromatic carbocycles. The predicted octanol–water partition coefficient (Wildman–Crippen LogP) is 5.38. The number of aryl methyl sites for hydroxylation is 1. The van der Waals surface area contributed by atoms with Crippen LogP contribution in [0.1, 0.15) is 126 Å². The van der Waals surface area contributed by atoms with Gasteiger partial charge in [0.25, 0.3) is 0 Å². The molecule has 7 nitrogen and oxygen atoms in total. The molecular weight excluding hydrogens is 625 g/mol. The molecule has 1 atom stereocenters. The van der Waals surface area contributed by atoms with Gasteiger partial charge in [-0.05, 0) is 72.8 Å². The van der Waals surface area contributed by atoms with Crippen LogP contribution in [0.5, 0.6) is 11.5 Å². The van der Waals surface area contributed by atoms with Crippen LogP contribution in [0, 0.1) is 5.92 Å². The molecule has 0 aromatic heterocycles. The number of carboxylic acids is 1. The van der Waals surface area contributed by atoms with Crippen LogP contribution in [0.3, 0.4) is 0 Å². The smallest absolute Gasteiger partial charge is 0.550 e. The van der Waals surface area contributed by atoms with E-state index in [0.29, 0.717) is 12.8 Å². The number of ether oxygens (including phenoxy) is 2. The van der Waals surface area contributed by atoms with Gasteiger partial charge >= 0.3 is 35.5 Å². The molecule has 3 aromatic rings. The minimum Gasteiger partial charge on any atom is -0.550 e. The van der Waals surface area contributed by atoms with Crippen LogP contribution in [-0.2, 0) is 31.0 Å². The normalized spacial score (nSPS) is 15.2. The number of aliphatic carboxylic acids is 1. The summed E-state index contributed by atoms with van der Waals surface area (Å²) in [5, 5.41) is 14.2. The minimum absolute atomic E-state index is 0. The molecule has 1 saturated carbocycles. The molecule has 49 heavy (non-hydrogen) atoms. The van der Waals surface area contributed by atoms with Gasteiger partial charge < -0.3 is 24.7 Å². The molecule has 1 fully saturated rings. The van der Waals surface area contributed by atoms with Crippen LogP contribution in [0.4, 0.5) is 5.69 Å². The molecular formula is C41H50NNaO6. The summed E-state index contributed by atoms with van der Waals surface area (Å²) in [4.78, 5) is 37.2. The molecule has 0 bridgehead atoms. The van der Waals surface area contributed by atoms with E-state index in [1.807, 2.05) is 48.5 Å². The number of amides is 1. The van der Waals surface area contributed by atoms with Crippen LogP contribution < -0.4 is 44.7 Å². The molecule has 1 N–H and O–H groups in total. The molecule has 2 aliphatic rings. The Morgan fingerprint density at radius 3 is 2.18 bits per heavy atom. The van der Waals surface area contributed by atoms with Crippen LogP contribution in [-0.4, -0.2) is 23.9 Å². The van der Waals surface area contributed by atoms with Crippen LogP contribution in [0.2, 0.25) is 0 Å². The zero-order valence-electron chi connectivity index (χ0n) is 29.7. The first-order valence-electron chi connectivity index (χ1n) is 17.7. The van der Waals surface area contributed by atoms with E-state index in [9.17, 15) is 19.5 Å². The first kappa shape index (κ1) is 38.7. The van der Waals surface area contributed by atoms with E-state index in [1.165, 1.54) is 32.1 Å². The van der Waals surface area contributed by atoms with Crippen molar-refractivity contribution in [2.75, 3.05) is 5.32 Å². The molecule has 1 amide bonds. The quantitative estimate of drug-likeness (QED) is 0.182. The number of carbonyl (C=O) groups is 3. The number of rotatable bonds is 14. The summed E-state index contributed by atoms with van der Waals surface area (Å²) >= 11 is 0. The summed E-state index contributed by atoms with van der Waals surface area (Å²) in [5.74, 6) is 0.353. The molecule has 0 spiro atoms. The Bertz CT molecular complexity index is 1530. The number of esters is 1. The monoisotopic (exact) mass is 675 g/mol. The minimum atomic E-state index is -1.25. The summed E-state index contributed by atoms with van der Waals surface area (Å²) < 4.78 is 12.0. The van der Waals surface area contributed by atoms with Crippen LogP contribution in [0.15, 0.2) is 66.7 Å². The molecule has 1 aliphatic carbocycles. The third-order valence-electron chi connectivity index (χ3n) is 9.81. The number of anilines is 1. The largest absolute Gasteiger partial charge is 1.00 e. The van der Waals surface area contributed by atoms with Gasteiger partial charge in [-0.15, -0.1) is 0 Å². The number of carboxylic acid groups (broad SMARTS) is 1. The maximum atomic E-state index is 13.8. The van der Waals surface area contributed by atoms with E-state index in [2.05, 4.69) is 44.3 Å². The molecule has 1 heterocycles. The van der Waals surface area contributed by atoms with E-state index in [1.54, 1.807) is 0 Å². The van der Waals surface area contributed by atoms with Gasteiger partial charge in [0.15, 0.2) is 0 Å². The van der Waals surface area contributed by atoms with Crippen molar-refractivity contribution < 1.29 is 58.5 Å². The van der Waals surface area contributed by atoms with E-state index in [-0.39, 0.29) is 72.2 Å².